The first-order chi connectivity index (χ1) is 8.75. The van der Waals surface area contributed by atoms with Crippen LogP contribution in [0.3, 0.4) is 0 Å². The molecule has 2 rings (SSSR count). The zero-order valence-corrected chi connectivity index (χ0v) is 11.7. The molecule has 1 aliphatic rings. The zero-order valence-electron chi connectivity index (χ0n) is 11.7. The molecule has 0 atom stereocenters. The molecule has 3 nitrogen and oxygen atoms in total. The van der Waals surface area contributed by atoms with Crippen molar-refractivity contribution in [2.24, 2.45) is 5.92 Å². The summed E-state index contributed by atoms with van der Waals surface area (Å²) >= 11 is 0. The third-order valence-electron chi connectivity index (χ3n) is 3.54. The summed E-state index contributed by atoms with van der Waals surface area (Å²) in [6.45, 7) is 9.04. The van der Waals surface area contributed by atoms with Crippen LogP contribution < -0.4 is 5.32 Å². The van der Waals surface area contributed by atoms with Crippen molar-refractivity contribution in [3.8, 4) is 0 Å². The van der Waals surface area contributed by atoms with Crippen LogP contribution in [0, 0.1) is 5.92 Å². The highest BCUT2D eigenvalue weighted by atomic mass is 16.3. The number of nitrogens with one attached hydrogen (secondary N) is 1. The number of rotatable bonds is 9. The van der Waals surface area contributed by atoms with Crippen LogP contribution in [0.1, 0.15) is 38.7 Å². The Morgan fingerprint density at radius 1 is 1.39 bits per heavy atom. The molecule has 1 aromatic heterocycles. The molecule has 0 spiro atoms. The van der Waals surface area contributed by atoms with Crippen molar-refractivity contribution >= 4 is 0 Å². The van der Waals surface area contributed by atoms with E-state index in [1.807, 2.05) is 12.3 Å². The van der Waals surface area contributed by atoms with E-state index in [0.29, 0.717) is 0 Å². The molecule has 0 aliphatic heterocycles. The second-order valence-corrected chi connectivity index (χ2v) is 5.76. The fourth-order valence-corrected chi connectivity index (χ4v) is 2.19. The lowest BCUT2D eigenvalue weighted by molar-refractivity contribution is 0.247. The van der Waals surface area contributed by atoms with Crippen LogP contribution in [-0.4, -0.2) is 30.6 Å². The first-order valence-corrected chi connectivity index (χ1v) is 7.21. The maximum absolute atomic E-state index is 5.06. The average molecular weight is 250 g/mol. The summed E-state index contributed by atoms with van der Waals surface area (Å²) in [6, 6.07) is 2.89. The number of hydrogen-bond acceptors (Lipinski definition) is 3. The van der Waals surface area contributed by atoms with Crippen molar-refractivity contribution < 1.29 is 4.42 Å². The summed E-state index contributed by atoms with van der Waals surface area (Å²) < 4.78 is 5.06. The molecule has 0 saturated heterocycles. The van der Waals surface area contributed by atoms with E-state index in [4.69, 9.17) is 4.42 Å². The van der Waals surface area contributed by atoms with Crippen molar-refractivity contribution in [2.45, 2.75) is 45.7 Å². The molecule has 1 saturated carbocycles. The lowest BCUT2D eigenvalue weighted by Crippen LogP contribution is -2.34. The Labute approximate surface area is 111 Å². The molecule has 18 heavy (non-hydrogen) atoms. The molecule has 0 bridgehead atoms. The lowest BCUT2D eigenvalue weighted by Gasteiger charge is -2.23. The van der Waals surface area contributed by atoms with Gasteiger partial charge in [0.2, 0.25) is 0 Å². The first kappa shape index (κ1) is 13.6. The Hall–Kier alpha value is -0.800. The van der Waals surface area contributed by atoms with E-state index in [0.717, 1.165) is 25.0 Å². The molecule has 1 aromatic rings. The highest BCUT2D eigenvalue weighted by molar-refractivity contribution is 5.04. The topological polar surface area (TPSA) is 28.4 Å². The van der Waals surface area contributed by atoms with E-state index in [-0.39, 0.29) is 0 Å². The Morgan fingerprint density at radius 3 is 2.83 bits per heavy atom. The van der Waals surface area contributed by atoms with Crippen LogP contribution in [0.4, 0.5) is 0 Å². The fourth-order valence-electron chi connectivity index (χ4n) is 2.19. The van der Waals surface area contributed by atoms with Gasteiger partial charge in [-0.3, -0.25) is 4.90 Å². The summed E-state index contributed by atoms with van der Waals surface area (Å²) in [6.07, 6.45) is 7.67. The van der Waals surface area contributed by atoms with Gasteiger partial charge < -0.3 is 9.73 Å². The quantitative estimate of drug-likeness (QED) is 0.683. The summed E-state index contributed by atoms with van der Waals surface area (Å²) in [5.41, 5.74) is 1.23. The maximum Gasteiger partial charge on any atom is 0.0947 e. The largest absolute Gasteiger partial charge is 0.472 e. The number of furan rings is 1. The summed E-state index contributed by atoms with van der Waals surface area (Å²) in [5, 5.41) is 3.49. The monoisotopic (exact) mass is 250 g/mol. The summed E-state index contributed by atoms with van der Waals surface area (Å²) in [7, 11) is 0. The van der Waals surface area contributed by atoms with E-state index < -0.39 is 0 Å². The Bertz CT molecular complexity index is 317. The molecular formula is C15H26N2O. The average Bonchev–Trinajstić information content (AvgIpc) is 3.05. The van der Waals surface area contributed by atoms with E-state index in [1.54, 1.807) is 6.26 Å². The van der Waals surface area contributed by atoms with Gasteiger partial charge in [-0.15, -0.1) is 0 Å². The van der Waals surface area contributed by atoms with Gasteiger partial charge in [-0.2, -0.15) is 0 Å². The molecule has 1 heterocycles. The van der Waals surface area contributed by atoms with Gasteiger partial charge in [-0.05, 0) is 37.8 Å². The van der Waals surface area contributed by atoms with Gasteiger partial charge in [-0.25, -0.2) is 0 Å². The highest BCUT2D eigenvalue weighted by Gasteiger charge is 2.28. The third-order valence-corrected chi connectivity index (χ3v) is 3.54. The second-order valence-electron chi connectivity index (χ2n) is 5.76. The van der Waals surface area contributed by atoms with Crippen molar-refractivity contribution in [2.75, 3.05) is 19.6 Å². The highest BCUT2D eigenvalue weighted by Crippen LogP contribution is 2.26. The van der Waals surface area contributed by atoms with Crippen molar-refractivity contribution in [1.29, 1.82) is 0 Å². The molecule has 0 radical (unpaired) electrons. The van der Waals surface area contributed by atoms with Gasteiger partial charge in [0, 0.05) is 31.2 Å². The molecule has 1 aliphatic carbocycles. The predicted molar refractivity (Wildman–Crippen MR) is 74.5 cm³/mol. The summed E-state index contributed by atoms with van der Waals surface area (Å²) in [5.74, 6) is 0.810. The van der Waals surface area contributed by atoms with E-state index in [9.17, 15) is 0 Å². The van der Waals surface area contributed by atoms with E-state index in [1.165, 1.54) is 37.9 Å². The van der Waals surface area contributed by atoms with Crippen LogP contribution in [0.2, 0.25) is 0 Å². The van der Waals surface area contributed by atoms with Crippen LogP contribution in [0.5, 0.6) is 0 Å². The van der Waals surface area contributed by atoms with Gasteiger partial charge in [0.25, 0.3) is 0 Å². The lowest BCUT2D eigenvalue weighted by atomic mass is 10.1. The van der Waals surface area contributed by atoms with Gasteiger partial charge in [0.05, 0.1) is 12.5 Å². The Balaban J connectivity index is 1.60. The molecule has 0 unspecified atom stereocenters. The molecule has 102 valence electrons. The normalized spacial score (nSPS) is 15.8. The van der Waals surface area contributed by atoms with Gasteiger partial charge >= 0.3 is 0 Å². The zero-order chi connectivity index (χ0) is 12.8. The minimum Gasteiger partial charge on any atom is -0.472 e. The predicted octanol–water partition coefficient (Wildman–Crippen LogP) is 2.88. The van der Waals surface area contributed by atoms with Crippen LogP contribution in [-0.2, 0) is 6.54 Å². The molecule has 0 amide bonds. The van der Waals surface area contributed by atoms with Crippen LogP contribution in [0.15, 0.2) is 23.0 Å². The maximum atomic E-state index is 5.06. The minimum absolute atomic E-state index is 0.810. The van der Waals surface area contributed by atoms with E-state index in [2.05, 4.69) is 24.1 Å². The second kappa shape index (κ2) is 6.95. The molecule has 1 fully saturated rings. The molecule has 1 N–H and O–H groups in total. The van der Waals surface area contributed by atoms with Gasteiger partial charge in [0.15, 0.2) is 0 Å². The summed E-state index contributed by atoms with van der Waals surface area (Å²) in [4.78, 5) is 2.66. The Kier molecular flexibility index (Phi) is 5.26. The SMILES string of the molecule is CC(C)CCN(CCNCc1ccoc1)C1CC1. The van der Waals surface area contributed by atoms with Gasteiger partial charge in [-0.1, -0.05) is 13.8 Å². The third kappa shape index (κ3) is 4.83. The molecule has 3 heteroatoms. The van der Waals surface area contributed by atoms with Crippen molar-refractivity contribution in [1.82, 2.24) is 10.2 Å². The molecular weight excluding hydrogens is 224 g/mol. The van der Waals surface area contributed by atoms with Crippen molar-refractivity contribution in [3.05, 3.63) is 24.2 Å². The van der Waals surface area contributed by atoms with Crippen LogP contribution >= 0.6 is 0 Å². The Morgan fingerprint density at radius 2 is 2.22 bits per heavy atom. The van der Waals surface area contributed by atoms with Crippen LogP contribution in [0.25, 0.3) is 0 Å². The fraction of sp³-hybridized carbons (Fsp3) is 0.733. The number of hydrogen-bond donors (Lipinski definition) is 1. The van der Waals surface area contributed by atoms with Crippen molar-refractivity contribution in [3.63, 3.8) is 0 Å². The standard InChI is InChI=1S/C15H26N2O/c1-13(2)5-8-17(15-3-4-15)9-7-16-11-14-6-10-18-12-14/h6,10,12-13,15-16H,3-5,7-9,11H2,1-2H3. The first-order valence-electron chi connectivity index (χ1n) is 7.21. The molecule has 0 aromatic carbocycles. The minimum atomic E-state index is 0.810. The van der Waals surface area contributed by atoms with Gasteiger partial charge in [0.1, 0.15) is 0 Å². The smallest absolute Gasteiger partial charge is 0.0947 e. The number of nitrogens with zero attached hydrogens (tertiary/aromatic N) is 1. The van der Waals surface area contributed by atoms with E-state index >= 15 is 0 Å².